The molecular weight excluding hydrogens is 198 g/mol. The van der Waals surface area contributed by atoms with Gasteiger partial charge >= 0.3 is 0 Å². The van der Waals surface area contributed by atoms with Crippen LogP contribution in [-0.4, -0.2) is 6.54 Å². The largest absolute Gasteiger partial charge is 0.329 e. The molecule has 0 unspecified atom stereocenters. The van der Waals surface area contributed by atoms with Crippen LogP contribution in [-0.2, 0) is 0 Å². The molecule has 0 aliphatic carbocycles. The van der Waals surface area contributed by atoms with E-state index in [2.05, 4.69) is 0 Å². The Morgan fingerprint density at radius 3 is 2.46 bits per heavy atom. The molecule has 0 heterocycles. The van der Waals surface area contributed by atoms with E-state index in [1.807, 2.05) is 0 Å². The van der Waals surface area contributed by atoms with E-state index in [0.717, 1.165) is 6.07 Å². The fourth-order valence-corrected chi connectivity index (χ4v) is 0.934. The minimum absolute atomic E-state index is 0. The van der Waals surface area contributed by atoms with Crippen molar-refractivity contribution in [2.24, 2.45) is 11.5 Å². The summed E-state index contributed by atoms with van der Waals surface area (Å²) in [6, 6.07) is 3.24. The summed E-state index contributed by atoms with van der Waals surface area (Å²) in [5.74, 6) is -1.80. The summed E-state index contributed by atoms with van der Waals surface area (Å²) in [7, 11) is 0. The molecule has 13 heavy (non-hydrogen) atoms. The van der Waals surface area contributed by atoms with Crippen molar-refractivity contribution < 1.29 is 8.78 Å². The van der Waals surface area contributed by atoms with Gasteiger partial charge in [0.2, 0.25) is 0 Å². The highest BCUT2D eigenvalue weighted by Gasteiger charge is 2.12. The zero-order valence-corrected chi connectivity index (χ0v) is 7.65. The number of rotatable bonds is 2. The summed E-state index contributed by atoms with van der Waals surface area (Å²) in [6.07, 6.45) is 0. The molecule has 0 aliphatic heterocycles. The first kappa shape index (κ1) is 12.3. The Morgan fingerprint density at radius 2 is 1.92 bits per heavy atom. The number of halogens is 3. The highest BCUT2D eigenvalue weighted by atomic mass is 35.5. The number of hydrogen-bond donors (Lipinski definition) is 2. The summed E-state index contributed by atoms with van der Waals surface area (Å²) < 4.78 is 25.5. The Labute approximate surface area is 81.3 Å². The SMILES string of the molecule is Cl.NC[C@H](N)c1cccc(F)c1F. The summed E-state index contributed by atoms with van der Waals surface area (Å²) in [5, 5.41) is 0. The van der Waals surface area contributed by atoms with Gasteiger partial charge in [0.05, 0.1) is 0 Å². The normalized spacial score (nSPS) is 12.0. The van der Waals surface area contributed by atoms with E-state index < -0.39 is 17.7 Å². The van der Waals surface area contributed by atoms with E-state index in [0.29, 0.717) is 0 Å². The van der Waals surface area contributed by atoms with Gasteiger partial charge in [-0.25, -0.2) is 8.78 Å². The second kappa shape index (κ2) is 5.11. The average Bonchev–Trinajstić information content (AvgIpc) is 2.08. The smallest absolute Gasteiger partial charge is 0.163 e. The lowest BCUT2D eigenvalue weighted by Crippen LogP contribution is -2.22. The fraction of sp³-hybridized carbons (Fsp3) is 0.250. The van der Waals surface area contributed by atoms with Gasteiger partial charge in [-0.2, -0.15) is 0 Å². The van der Waals surface area contributed by atoms with Crippen LogP contribution in [0.5, 0.6) is 0 Å². The predicted molar refractivity (Wildman–Crippen MR) is 49.6 cm³/mol. The zero-order valence-electron chi connectivity index (χ0n) is 6.84. The molecule has 0 amide bonds. The van der Waals surface area contributed by atoms with Gasteiger partial charge in [-0.15, -0.1) is 12.4 Å². The monoisotopic (exact) mass is 208 g/mol. The van der Waals surface area contributed by atoms with Crippen LogP contribution >= 0.6 is 12.4 Å². The Kier molecular flexibility index (Phi) is 4.83. The molecule has 0 saturated carbocycles. The van der Waals surface area contributed by atoms with Gasteiger partial charge in [0.1, 0.15) is 0 Å². The van der Waals surface area contributed by atoms with Crippen molar-refractivity contribution in [2.75, 3.05) is 6.54 Å². The van der Waals surface area contributed by atoms with Gasteiger partial charge in [-0.1, -0.05) is 12.1 Å². The first-order valence-electron chi connectivity index (χ1n) is 3.56. The van der Waals surface area contributed by atoms with Crippen molar-refractivity contribution in [3.63, 3.8) is 0 Å². The highest BCUT2D eigenvalue weighted by Crippen LogP contribution is 2.16. The van der Waals surface area contributed by atoms with Gasteiger partial charge in [0.15, 0.2) is 11.6 Å². The minimum atomic E-state index is -0.907. The van der Waals surface area contributed by atoms with Crippen molar-refractivity contribution in [1.82, 2.24) is 0 Å². The third-order valence-electron chi connectivity index (χ3n) is 1.63. The lowest BCUT2D eigenvalue weighted by molar-refractivity contribution is 0.489. The molecular formula is C8H11ClF2N2. The Hall–Kier alpha value is -0.710. The van der Waals surface area contributed by atoms with Gasteiger partial charge in [0, 0.05) is 18.2 Å². The van der Waals surface area contributed by atoms with Gasteiger partial charge in [-0.05, 0) is 6.07 Å². The maximum atomic E-state index is 12.9. The second-order valence-electron chi connectivity index (χ2n) is 2.49. The number of nitrogens with two attached hydrogens (primary N) is 2. The topological polar surface area (TPSA) is 52.0 Å². The lowest BCUT2D eigenvalue weighted by Gasteiger charge is -2.09. The van der Waals surface area contributed by atoms with E-state index in [1.165, 1.54) is 12.1 Å². The molecule has 0 spiro atoms. The maximum absolute atomic E-state index is 12.9. The third kappa shape index (κ3) is 2.62. The van der Waals surface area contributed by atoms with Crippen LogP contribution in [0.3, 0.4) is 0 Å². The number of benzene rings is 1. The molecule has 74 valence electrons. The summed E-state index contributed by atoms with van der Waals surface area (Å²) in [5.41, 5.74) is 10.8. The van der Waals surface area contributed by atoms with Crippen LogP contribution < -0.4 is 11.5 Å². The van der Waals surface area contributed by atoms with Crippen molar-refractivity contribution in [3.05, 3.63) is 35.4 Å². The first-order chi connectivity index (χ1) is 5.66. The molecule has 0 saturated heterocycles. The molecule has 1 rings (SSSR count). The molecule has 2 nitrogen and oxygen atoms in total. The molecule has 1 atom stereocenters. The van der Waals surface area contributed by atoms with Crippen LogP contribution in [0.15, 0.2) is 18.2 Å². The van der Waals surface area contributed by atoms with E-state index in [4.69, 9.17) is 11.5 Å². The van der Waals surface area contributed by atoms with Crippen LogP contribution in [0.4, 0.5) is 8.78 Å². The second-order valence-corrected chi connectivity index (χ2v) is 2.49. The lowest BCUT2D eigenvalue weighted by atomic mass is 10.1. The molecule has 5 heteroatoms. The third-order valence-corrected chi connectivity index (χ3v) is 1.63. The van der Waals surface area contributed by atoms with Gasteiger partial charge in [-0.3, -0.25) is 0 Å². The van der Waals surface area contributed by atoms with Crippen LogP contribution in [0.1, 0.15) is 11.6 Å². The Bertz CT molecular complexity index is 281. The van der Waals surface area contributed by atoms with E-state index >= 15 is 0 Å². The van der Waals surface area contributed by atoms with Crippen LogP contribution in [0, 0.1) is 11.6 Å². The zero-order chi connectivity index (χ0) is 9.14. The van der Waals surface area contributed by atoms with Crippen molar-refractivity contribution >= 4 is 12.4 Å². The molecule has 1 aromatic rings. The standard InChI is InChI=1S/C8H10F2N2.ClH/c9-6-3-1-2-5(8(6)10)7(12)4-11;/h1-3,7H,4,11-12H2;1H/t7-;/m0./s1. The maximum Gasteiger partial charge on any atom is 0.163 e. The highest BCUT2D eigenvalue weighted by molar-refractivity contribution is 5.85. The van der Waals surface area contributed by atoms with Crippen molar-refractivity contribution in [3.8, 4) is 0 Å². The van der Waals surface area contributed by atoms with Crippen molar-refractivity contribution in [2.45, 2.75) is 6.04 Å². The van der Waals surface area contributed by atoms with Crippen molar-refractivity contribution in [1.29, 1.82) is 0 Å². The molecule has 1 aromatic carbocycles. The van der Waals surface area contributed by atoms with E-state index in [1.54, 1.807) is 0 Å². The molecule has 0 aromatic heterocycles. The average molecular weight is 209 g/mol. The molecule has 4 N–H and O–H groups in total. The van der Waals surface area contributed by atoms with E-state index in [-0.39, 0.29) is 24.5 Å². The number of hydrogen-bond acceptors (Lipinski definition) is 2. The van der Waals surface area contributed by atoms with Crippen LogP contribution in [0.25, 0.3) is 0 Å². The molecule has 0 radical (unpaired) electrons. The van der Waals surface area contributed by atoms with Crippen LogP contribution in [0.2, 0.25) is 0 Å². The molecule has 0 fully saturated rings. The Morgan fingerprint density at radius 1 is 1.31 bits per heavy atom. The molecule has 0 aliphatic rings. The summed E-state index contributed by atoms with van der Waals surface area (Å²) in [6.45, 7) is 0.0976. The Balaban J connectivity index is 0.00000144. The van der Waals surface area contributed by atoms with E-state index in [9.17, 15) is 8.78 Å². The summed E-state index contributed by atoms with van der Waals surface area (Å²) >= 11 is 0. The summed E-state index contributed by atoms with van der Waals surface area (Å²) in [4.78, 5) is 0. The van der Waals surface area contributed by atoms with Gasteiger partial charge in [0.25, 0.3) is 0 Å². The first-order valence-corrected chi connectivity index (χ1v) is 3.56. The van der Waals surface area contributed by atoms with Gasteiger partial charge < -0.3 is 11.5 Å². The minimum Gasteiger partial charge on any atom is -0.329 e. The quantitative estimate of drug-likeness (QED) is 0.771. The molecule has 0 bridgehead atoms. The fourth-order valence-electron chi connectivity index (χ4n) is 0.934. The predicted octanol–water partition coefficient (Wildman–Crippen LogP) is 1.35.